The van der Waals surface area contributed by atoms with Crippen molar-refractivity contribution in [2.45, 2.75) is 79.1 Å². The molecule has 180 valence electrons. The summed E-state index contributed by atoms with van der Waals surface area (Å²) in [6.45, 7) is 11.8. The van der Waals surface area contributed by atoms with Crippen LogP contribution in [0, 0.1) is 11.8 Å². The number of cyclic esters (lactones) is 1. The van der Waals surface area contributed by atoms with Gasteiger partial charge in [-0.25, -0.2) is 4.79 Å². The molecule has 0 saturated heterocycles. The molecule has 0 radical (unpaired) electrons. The van der Waals surface area contributed by atoms with Crippen LogP contribution in [0.3, 0.4) is 0 Å². The number of esters is 1. The van der Waals surface area contributed by atoms with Crippen LogP contribution >= 0.6 is 0 Å². The van der Waals surface area contributed by atoms with E-state index in [0.717, 1.165) is 23.1 Å². The number of carbonyl (C=O) groups is 1. The number of rotatable bonds is 4. The minimum atomic E-state index is -0.633. The van der Waals surface area contributed by atoms with Crippen molar-refractivity contribution in [1.82, 2.24) is 0 Å². The molecule has 0 fully saturated rings. The molecule has 1 heterocycles. The number of methoxy groups -OCH3 is 1. The lowest BCUT2D eigenvalue weighted by atomic mass is 9.89. The van der Waals surface area contributed by atoms with Crippen LogP contribution in [0.15, 0.2) is 58.7 Å². The van der Waals surface area contributed by atoms with Crippen LogP contribution in [-0.2, 0) is 14.3 Å². The lowest BCUT2D eigenvalue weighted by Gasteiger charge is -2.25. The van der Waals surface area contributed by atoms with Gasteiger partial charge in [-0.3, -0.25) is 0 Å². The molecule has 0 bridgehead atoms. The van der Waals surface area contributed by atoms with Crippen molar-refractivity contribution in [2.24, 2.45) is 11.8 Å². The van der Waals surface area contributed by atoms with Crippen molar-refractivity contribution < 1.29 is 24.5 Å². The zero-order valence-electron chi connectivity index (χ0n) is 20.8. The summed E-state index contributed by atoms with van der Waals surface area (Å²) in [6, 6.07) is 0. The summed E-state index contributed by atoms with van der Waals surface area (Å²) in [5.74, 6) is -0.239. The van der Waals surface area contributed by atoms with E-state index in [1.165, 1.54) is 0 Å². The van der Waals surface area contributed by atoms with Crippen molar-refractivity contribution >= 4 is 5.97 Å². The normalized spacial score (nSPS) is 34.5. The molecule has 4 atom stereocenters. The van der Waals surface area contributed by atoms with E-state index in [1.54, 1.807) is 25.3 Å². The second-order valence-corrected chi connectivity index (χ2v) is 8.93. The predicted octanol–water partition coefficient (Wildman–Crippen LogP) is 5.06. The van der Waals surface area contributed by atoms with E-state index in [-0.39, 0.29) is 29.6 Å². The molecule has 1 aliphatic heterocycles. The van der Waals surface area contributed by atoms with Gasteiger partial charge < -0.3 is 19.7 Å². The molecule has 0 aromatic rings. The molecule has 1 aliphatic rings. The first-order valence-electron chi connectivity index (χ1n) is 11.6. The van der Waals surface area contributed by atoms with Crippen molar-refractivity contribution in [3.63, 3.8) is 0 Å². The van der Waals surface area contributed by atoms with Crippen molar-refractivity contribution in [2.75, 3.05) is 13.7 Å². The van der Waals surface area contributed by atoms with Gasteiger partial charge in [-0.05, 0) is 56.8 Å². The first-order valence-corrected chi connectivity index (χ1v) is 11.6. The number of hydrogen-bond donors (Lipinski definition) is 2. The first kappa shape index (κ1) is 28.1. The third-order valence-electron chi connectivity index (χ3n) is 5.92. The molecular weight excluding hydrogens is 404 g/mol. The quantitative estimate of drug-likeness (QED) is 0.466. The molecule has 2 N–H and O–H groups in total. The van der Waals surface area contributed by atoms with Crippen LogP contribution in [-0.4, -0.2) is 48.2 Å². The SMILES string of the molecule is CC[C@H]1/C=C(/C)[C@@H](O)C/C=C/C=C(\CO)C(=O)O[C@H](C(C)C)C/C=C(C)/C=C(\C)[C@@H]1OC. The molecule has 0 unspecified atom stereocenters. The number of allylic oxidation sites excluding steroid dienone is 4. The maximum atomic E-state index is 12.6. The average molecular weight is 447 g/mol. The van der Waals surface area contributed by atoms with Crippen LogP contribution in [0.1, 0.15) is 60.8 Å². The fourth-order valence-corrected chi connectivity index (χ4v) is 3.80. The Morgan fingerprint density at radius 3 is 2.44 bits per heavy atom. The Hall–Kier alpha value is -1.95. The van der Waals surface area contributed by atoms with Gasteiger partial charge in [0.15, 0.2) is 0 Å². The van der Waals surface area contributed by atoms with Crippen LogP contribution in [0.5, 0.6) is 0 Å². The summed E-state index contributed by atoms with van der Waals surface area (Å²) in [5, 5.41) is 20.2. The largest absolute Gasteiger partial charge is 0.458 e. The van der Waals surface area contributed by atoms with Crippen molar-refractivity contribution in [3.05, 3.63) is 58.7 Å². The maximum Gasteiger partial charge on any atom is 0.336 e. The molecule has 32 heavy (non-hydrogen) atoms. The number of carbonyl (C=O) groups excluding carboxylic acids is 1. The van der Waals surface area contributed by atoms with Crippen LogP contribution < -0.4 is 0 Å². The second kappa shape index (κ2) is 14.2. The van der Waals surface area contributed by atoms with Gasteiger partial charge in [-0.15, -0.1) is 0 Å². The Bertz CT molecular complexity index is 754. The van der Waals surface area contributed by atoms with E-state index in [4.69, 9.17) is 9.47 Å². The van der Waals surface area contributed by atoms with E-state index in [0.29, 0.717) is 12.8 Å². The molecule has 1 rings (SSSR count). The van der Waals surface area contributed by atoms with Crippen molar-refractivity contribution in [3.8, 4) is 0 Å². The fourth-order valence-electron chi connectivity index (χ4n) is 3.80. The number of ether oxygens (including phenoxy) is 2. The van der Waals surface area contributed by atoms with Gasteiger partial charge in [0.1, 0.15) is 6.10 Å². The fraction of sp³-hybridized carbons (Fsp3) is 0.593. The number of hydrogen-bond acceptors (Lipinski definition) is 5. The molecule has 0 amide bonds. The number of aliphatic hydroxyl groups excluding tert-OH is 2. The molecule has 0 aromatic heterocycles. The van der Waals surface area contributed by atoms with Crippen molar-refractivity contribution in [1.29, 1.82) is 0 Å². The molecule has 0 aromatic carbocycles. The zero-order valence-corrected chi connectivity index (χ0v) is 20.8. The Balaban J connectivity index is 3.41. The van der Waals surface area contributed by atoms with Gasteiger partial charge >= 0.3 is 5.97 Å². The maximum absolute atomic E-state index is 12.6. The lowest BCUT2D eigenvalue weighted by Crippen LogP contribution is -2.25. The van der Waals surface area contributed by atoms with Gasteiger partial charge in [-0.2, -0.15) is 0 Å². The number of aliphatic hydroxyl groups is 2. The standard InChI is InChI=1S/C27H42O5/c1-8-22-16-20(5)24(29)12-10-9-11-23(17-28)27(30)32-25(18(2)3)14-13-19(4)15-21(6)26(22)31-7/h9-11,13,15-16,18,22,24-26,28-29H,8,12,14,17H2,1-7H3/b10-9+,19-13+,20-16-,21-15+,23-11+/t22-,24-,25-,26-/m0/s1. The van der Waals surface area contributed by atoms with Gasteiger partial charge in [0.2, 0.25) is 0 Å². The molecule has 0 saturated carbocycles. The zero-order chi connectivity index (χ0) is 24.3. The summed E-state index contributed by atoms with van der Waals surface area (Å²) < 4.78 is 11.5. The van der Waals surface area contributed by atoms with E-state index in [9.17, 15) is 15.0 Å². The minimum absolute atomic E-state index is 0.0892. The molecule has 0 spiro atoms. The van der Waals surface area contributed by atoms with Crippen LogP contribution in [0.25, 0.3) is 0 Å². The van der Waals surface area contributed by atoms with E-state index in [1.807, 2.05) is 27.7 Å². The van der Waals surface area contributed by atoms with E-state index >= 15 is 0 Å². The first-order chi connectivity index (χ1) is 15.1. The monoisotopic (exact) mass is 446 g/mol. The third-order valence-corrected chi connectivity index (χ3v) is 5.92. The summed E-state index contributed by atoms with van der Waals surface area (Å²) >= 11 is 0. The van der Waals surface area contributed by atoms with Gasteiger partial charge in [-0.1, -0.05) is 56.7 Å². The highest BCUT2D eigenvalue weighted by Crippen LogP contribution is 2.25. The smallest absolute Gasteiger partial charge is 0.336 e. The Morgan fingerprint density at radius 1 is 1.19 bits per heavy atom. The summed E-state index contributed by atoms with van der Waals surface area (Å²) in [4.78, 5) is 12.6. The van der Waals surface area contributed by atoms with E-state index < -0.39 is 18.7 Å². The predicted molar refractivity (Wildman–Crippen MR) is 130 cm³/mol. The highest BCUT2D eigenvalue weighted by atomic mass is 16.5. The highest BCUT2D eigenvalue weighted by Gasteiger charge is 2.22. The van der Waals surface area contributed by atoms with Gasteiger partial charge in [0.25, 0.3) is 0 Å². The Kier molecular flexibility index (Phi) is 12.5. The average Bonchev–Trinajstić information content (AvgIpc) is 2.74. The van der Waals surface area contributed by atoms with Crippen LogP contribution in [0.2, 0.25) is 0 Å². The molecule has 5 nitrogen and oxygen atoms in total. The minimum Gasteiger partial charge on any atom is -0.458 e. The Morgan fingerprint density at radius 2 is 1.88 bits per heavy atom. The van der Waals surface area contributed by atoms with Gasteiger partial charge in [0.05, 0.1) is 24.4 Å². The molecular formula is C27H42O5. The summed E-state index contributed by atoms with van der Waals surface area (Å²) in [7, 11) is 1.72. The summed E-state index contributed by atoms with van der Waals surface area (Å²) in [5.41, 5.74) is 3.26. The topological polar surface area (TPSA) is 76.0 Å². The third kappa shape index (κ3) is 8.89. The molecule has 0 aliphatic carbocycles. The molecule has 5 heteroatoms. The van der Waals surface area contributed by atoms with Gasteiger partial charge in [0, 0.05) is 19.4 Å². The highest BCUT2D eigenvalue weighted by molar-refractivity contribution is 5.89. The second-order valence-electron chi connectivity index (χ2n) is 8.93. The van der Waals surface area contributed by atoms with Crippen LogP contribution in [0.4, 0.5) is 0 Å². The lowest BCUT2D eigenvalue weighted by molar-refractivity contribution is -0.146. The van der Waals surface area contributed by atoms with E-state index in [2.05, 4.69) is 32.1 Å². The summed E-state index contributed by atoms with van der Waals surface area (Å²) in [6.07, 6.45) is 12.2. The Labute approximate surface area is 194 Å².